The maximum absolute atomic E-state index is 11.9. The second kappa shape index (κ2) is 4.25. The van der Waals surface area contributed by atoms with Gasteiger partial charge in [-0.3, -0.25) is 10.6 Å². The van der Waals surface area contributed by atoms with Gasteiger partial charge in [0.2, 0.25) is 5.91 Å². The summed E-state index contributed by atoms with van der Waals surface area (Å²) in [4.78, 5) is 16.0. The SMILES string of the molecule is CN1CCN(C(=O)C(C)(C)NN)CC1. The van der Waals surface area contributed by atoms with E-state index in [-0.39, 0.29) is 5.91 Å². The first-order chi connectivity index (χ1) is 6.47. The molecule has 1 aliphatic heterocycles. The van der Waals surface area contributed by atoms with Crippen LogP contribution in [-0.2, 0) is 4.79 Å². The van der Waals surface area contributed by atoms with Crippen LogP contribution in [0.4, 0.5) is 0 Å². The Labute approximate surface area is 85.2 Å². The number of hydrazine groups is 1. The average molecular weight is 200 g/mol. The summed E-state index contributed by atoms with van der Waals surface area (Å²) in [5.74, 6) is 5.41. The summed E-state index contributed by atoms with van der Waals surface area (Å²) in [6.45, 7) is 7.06. The van der Waals surface area contributed by atoms with Crippen molar-refractivity contribution >= 4 is 5.91 Å². The first-order valence-electron chi connectivity index (χ1n) is 4.93. The molecule has 82 valence electrons. The minimum atomic E-state index is -0.657. The van der Waals surface area contributed by atoms with Gasteiger partial charge >= 0.3 is 0 Å². The van der Waals surface area contributed by atoms with Gasteiger partial charge in [-0.25, -0.2) is 5.43 Å². The van der Waals surface area contributed by atoms with Crippen molar-refractivity contribution in [1.82, 2.24) is 15.2 Å². The van der Waals surface area contributed by atoms with Crippen LogP contribution < -0.4 is 11.3 Å². The van der Waals surface area contributed by atoms with Gasteiger partial charge in [0.25, 0.3) is 0 Å². The summed E-state index contributed by atoms with van der Waals surface area (Å²) in [5, 5.41) is 0. The minimum absolute atomic E-state index is 0.0769. The van der Waals surface area contributed by atoms with Gasteiger partial charge in [-0.05, 0) is 20.9 Å². The standard InChI is InChI=1S/C9H20N4O/c1-9(2,11-10)8(14)13-6-4-12(3)5-7-13/h11H,4-7,10H2,1-3H3. The van der Waals surface area contributed by atoms with E-state index >= 15 is 0 Å². The summed E-state index contributed by atoms with van der Waals surface area (Å²) < 4.78 is 0. The number of carbonyl (C=O) groups excluding carboxylic acids is 1. The molecule has 1 heterocycles. The fourth-order valence-corrected chi connectivity index (χ4v) is 1.47. The number of carbonyl (C=O) groups is 1. The van der Waals surface area contributed by atoms with E-state index in [1.807, 2.05) is 4.90 Å². The number of amides is 1. The van der Waals surface area contributed by atoms with Crippen LogP contribution in [0.3, 0.4) is 0 Å². The van der Waals surface area contributed by atoms with E-state index in [9.17, 15) is 4.79 Å². The zero-order valence-corrected chi connectivity index (χ0v) is 9.21. The number of likely N-dealkylation sites (N-methyl/N-ethyl adjacent to an activating group) is 1. The largest absolute Gasteiger partial charge is 0.339 e. The van der Waals surface area contributed by atoms with Crippen LogP contribution in [0.1, 0.15) is 13.8 Å². The number of nitrogens with one attached hydrogen (secondary N) is 1. The van der Waals surface area contributed by atoms with Crippen molar-refractivity contribution in [3.63, 3.8) is 0 Å². The molecule has 5 heteroatoms. The minimum Gasteiger partial charge on any atom is -0.339 e. The quantitative estimate of drug-likeness (QED) is 0.443. The van der Waals surface area contributed by atoms with Crippen molar-refractivity contribution in [2.24, 2.45) is 5.84 Å². The second-order valence-corrected chi connectivity index (χ2v) is 4.36. The lowest BCUT2D eigenvalue weighted by molar-refractivity contribution is -0.138. The molecule has 0 bridgehead atoms. The molecule has 3 N–H and O–H groups in total. The normalized spacial score (nSPS) is 19.9. The lowest BCUT2D eigenvalue weighted by atomic mass is 10.0. The smallest absolute Gasteiger partial charge is 0.243 e. The van der Waals surface area contributed by atoms with Crippen molar-refractivity contribution in [2.75, 3.05) is 33.2 Å². The Morgan fingerprint density at radius 3 is 2.21 bits per heavy atom. The van der Waals surface area contributed by atoms with Gasteiger partial charge < -0.3 is 9.80 Å². The fourth-order valence-electron chi connectivity index (χ4n) is 1.47. The van der Waals surface area contributed by atoms with E-state index in [1.165, 1.54) is 0 Å². The number of nitrogens with zero attached hydrogens (tertiary/aromatic N) is 2. The van der Waals surface area contributed by atoms with Crippen LogP contribution in [0.15, 0.2) is 0 Å². The molecule has 5 nitrogen and oxygen atoms in total. The molecular formula is C9H20N4O. The third kappa shape index (κ3) is 2.43. The molecular weight excluding hydrogens is 180 g/mol. The summed E-state index contributed by atoms with van der Waals surface area (Å²) in [6, 6.07) is 0. The summed E-state index contributed by atoms with van der Waals surface area (Å²) in [7, 11) is 2.06. The predicted octanol–water partition coefficient (Wildman–Crippen LogP) is -0.998. The molecule has 0 spiro atoms. The van der Waals surface area contributed by atoms with Crippen LogP contribution in [0, 0.1) is 0 Å². The van der Waals surface area contributed by atoms with Crippen molar-refractivity contribution in [1.29, 1.82) is 0 Å². The topological polar surface area (TPSA) is 61.6 Å². The predicted molar refractivity (Wildman–Crippen MR) is 55.5 cm³/mol. The van der Waals surface area contributed by atoms with Crippen LogP contribution in [-0.4, -0.2) is 54.5 Å². The van der Waals surface area contributed by atoms with Gasteiger partial charge in [-0.15, -0.1) is 0 Å². The number of hydrogen-bond donors (Lipinski definition) is 2. The average Bonchev–Trinajstić information content (AvgIpc) is 2.18. The molecule has 0 unspecified atom stereocenters. The molecule has 0 aromatic heterocycles. The first-order valence-corrected chi connectivity index (χ1v) is 4.93. The zero-order valence-electron chi connectivity index (χ0n) is 9.21. The summed E-state index contributed by atoms with van der Waals surface area (Å²) in [6.07, 6.45) is 0. The van der Waals surface area contributed by atoms with Crippen molar-refractivity contribution in [3.05, 3.63) is 0 Å². The number of nitrogens with two attached hydrogens (primary N) is 1. The van der Waals surface area contributed by atoms with Crippen LogP contribution >= 0.6 is 0 Å². The van der Waals surface area contributed by atoms with Gasteiger partial charge in [-0.1, -0.05) is 0 Å². The number of piperazine rings is 1. The molecule has 14 heavy (non-hydrogen) atoms. The summed E-state index contributed by atoms with van der Waals surface area (Å²) >= 11 is 0. The van der Waals surface area contributed by atoms with Crippen molar-refractivity contribution < 1.29 is 4.79 Å². The fraction of sp³-hybridized carbons (Fsp3) is 0.889. The summed E-state index contributed by atoms with van der Waals surface area (Å²) in [5.41, 5.74) is 1.89. The Bertz CT molecular complexity index is 209. The highest BCUT2D eigenvalue weighted by atomic mass is 16.2. The molecule has 0 aromatic rings. The molecule has 0 atom stereocenters. The third-order valence-electron chi connectivity index (χ3n) is 2.69. The van der Waals surface area contributed by atoms with Gasteiger partial charge in [0.1, 0.15) is 5.54 Å². The number of hydrogen-bond acceptors (Lipinski definition) is 4. The van der Waals surface area contributed by atoms with Gasteiger partial charge in [0, 0.05) is 26.2 Å². The lowest BCUT2D eigenvalue weighted by Gasteiger charge is -2.36. The molecule has 1 rings (SSSR count). The molecule has 1 fully saturated rings. The van der Waals surface area contributed by atoms with E-state index in [0.717, 1.165) is 26.2 Å². The van der Waals surface area contributed by atoms with E-state index in [2.05, 4.69) is 17.4 Å². The maximum Gasteiger partial charge on any atom is 0.243 e. The highest BCUT2D eigenvalue weighted by molar-refractivity contribution is 5.85. The van der Waals surface area contributed by atoms with Crippen LogP contribution in [0.2, 0.25) is 0 Å². The van der Waals surface area contributed by atoms with Crippen LogP contribution in [0.25, 0.3) is 0 Å². The van der Waals surface area contributed by atoms with Crippen molar-refractivity contribution in [2.45, 2.75) is 19.4 Å². The van der Waals surface area contributed by atoms with Gasteiger partial charge in [0.15, 0.2) is 0 Å². The Hall–Kier alpha value is -0.650. The Balaban J connectivity index is 2.54. The monoisotopic (exact) mass is 200 g/mol. The first kappa shape index (κ1) is 11.4. The Kier molecular flexibility index (Phi) is 3.47. The maximum atomic E-state index is 11.9. The second-order valence-electron chi connectivity index (χ2n) is 4.36. The van der Waals surface area contributed by atoms with E-state index in [0.29, 0.717) is 0 Å². The molecule has 1 saturated heterocycles. The van der Waals surface area contributed by atoms with Crippen LogP contribution in [0.5, 0.6) is 0 Å². The van der Waals surface area contributed by atoms with E-state index in [4.69, 9.17) is 5.84 Å². The molecule has 1 aliphatic rings. The van der Waals surface area contributed by atoms with Gasteiger partial charge in [0.05, 0.1) is 0 Å². The third-order valence-corrected chi connectivity index (χ3v) is 2.69. The van der Waals surface area contributed by atoms with Gasteiger partial charge in [-0.2, -0.15) is 0 Å². The zero-order chi connectivity index (χ0) is 10.8. The van der Waals surface area contributed by atoms with E-state index < -0.39 is 5.54 Å². The van der Waals surface area contributed by atoms with Crippen molar-refractivity contribution in [3.8, 4) is 0 Å². The molecule has 0 aliphatic carbocycles. The Morgan fingerprint density at radius 2 is 1.79 bits per heavy atom. The molecule has 1 amide bonds. The molecule has 0 saturated carbocycles. The highest BCUT2D eigenvalue weighted by Gasteiger charge is 2.31. The van der Waals surface area contributed by atoms with E-state index in [1.54, 1.807) is 13.8 Å². The number of rotatable bonds is 2. The lowest BCUT2D eigenvalue weighted by Crippen LogP contribution is -2.59. The molecule has 0 radical (unpaired) electrons. The molecule has 0 aromatic carbocycles. The highest BCUT2D eigenvalue weighted by Crippen LogP contribution is 2.09. The Morgan fingerprint density at radius 1 is 1.29 bits per heavy atom.